The highest BCUT2D eigenvalue weighted by Crippen LogP contribution is 2.49. The Morgan fingerprint density at radius 3 is 2.81 bits per heavy atom. The molecule has 3 aliphatic rings. The average Bonchev–Trinajstić information content (AvgIpc) is 3.39. The minimum absolute atomic E-state index is 0.0951. The van der Waals surface area contributed by atoms with Gasteiger partial charge in [-0.2, -0.15) is 0 Å². The molecule has 0 bridgehead atoms. The summed E-state index contributed by atoms with van der Waals surface area (Å²) in [5.74, 6) is 0.995. The molecule has 8 nitrogen and oxygen atoms in total. The van der Waals surface area contributed by atoms with Crippen LogP contribution in [-0.2, 0) is 4.74 Å². The second-order valence-electron chi connectivity index (χ2n) is 7.94. The van der Waals surface area contributed by atoms with Crippen LogP contribution >= 0.6 is 11.8 Å². The normalized spacial score (nSPS) is 25.5. The molecule has 3 aliphatic heterocycles. The van der Waals surface area contributed by atoms with Crippen molar-refractivity contribution in [1.82, 2.24) is 9.88 Å². The molecule has 0 unspecified atom stereocenters. The highest BCUT2D eigenvalue weighted by Gasteiger charge is 2.46. The van der Waals surface area contributed by atoms with E-state index in [0.717, 1.165) is 28.6 Å². The van der Waals surface area contributed by atoms with Gasteiger partial charge >= 0.3 is 0 Å². The number of ether oxygens (including phenoxy) is 1. The number of nitrogens with zero attached hydrogens (tertiary/aromatic N) is 5. The van der Waals surface area contributed by atoms with E-state index in [1.165, 1.54) is 0 Å². The first kappa shape index (κ1) is 20.3. The van der Waals surface area contributed by atoms with Crippen molar-refractivity contribution in [2.45, 2.75) is 31.5 Å². The third-order valence-electron chi connectivity index (χ3n) is 6.22. The van der Waals surface area contributed by atoms with E-state index in [2.05, 4.69) is 16.8 Å². The van der Waals surface area contributed by atoms with Crippen molar-refractivity contribution in [2.24, 2.45) is 4.99 Å². The number of hydrogen-bond acceptors (Lipinski definition) is 8. The number of rotatable bonds is 5. The molecule has 2 saturated heterocycles. The molecular formula is C22H25N5O3S. The highest BCUT2D eigenvalue weighted by atomic mass is 32.2. The summed E-state index contributed by atoms with van der Waals surface area (Å²) < 4.78 is 5.42. The number of morpholine rings is 1. The molecule has 4 heterocycles. The van der Waals surface area contributed by atoms with E-state index in [9.17, 15) is 10.1 Å². The van der Waals surface area contributed by atoms with Gasteiger partial charge in [-0.25, -0.2) is 0 Å². The lowest BCUT2D eigenvalue weighted by Gasteiger charge is -2.32. The third kappa shape index (κ3) is 3.65. The minimum Gasteiger partial charge on any atom is -0.378 e. The maximum absolute atomic E-state index is 12.0. The van der Waals surface area contributed by atoms with E-state index in [-0.39, 0.29) is 22.7 Å². The Labute approximate surface area is 185 Å². The van der Waals surface area contributed by atoms with E-state index in [4.69, 9.17) is 9.73 Å². The molecule has 0 aliphatic carbocycles. The van der Waals surface area contributed by atoms with Gasteiger partial charge in [-0.15, -0.1) is 0 Å². The smallest absolute Gasteiger partial charge is 0.292 e. The van der Waals surface area contributed by atoms with Crippen LogP contribution in [-0.4, -0.2) is 58.1 Å². The molecule has 2 aromatic rings. The molecule has 0 radical (unpaired) electrons. The summed E-state index contributed by atoms with van der Waals surface area (Å²) in [6.45, 7) is 4.68. The fourth-order valence-corrected chi connectivity index (χ4v) is 5.99. The fourth-order valence-electron chi connectivity index (χ4n) is 4.65. The van der Waals surface area contributed by atoms with Crippen LogP contribution in [0.4, 0.5) is 11.4 Å². The Balaban J connectivity index is 1.57. The lowest BCUT2D eigenvalue weighted by Crippen LogP contribution is -2.37. The molecule has 1 aromatic carbocycles. The Hall–Kier alpha value is -2.65. The number of nitro groups is 1. The van der Waals surface area contributed by atoms with Gasteiger partial charge in [0, 0.05) is 37.1 Å². The maximum Gasteiger partial charge on any atom is 0.292 e. The van der Waals surface area contributed by atoms with Crippen LogP contribution in [0.15, 0.2) is 47.6 Å². The van der Waals surface area contributed by atoms with Crippen LogP contribution in [0.5, 0.6) is 0 Å². The average molecular weight is 440 g/mol. The number of aromatic nitrogens is 1. The zero-order chi connectivity index (χ0) is 21.4. The number of thioether (sulfide) groups is 1. The largest absolute Gasteiger partial charge is 0.378 e. The van der Waals surface area contributed by atoms with Crippen LogP contribution in [0.3, 0.4) is 0 Å². The molecule has 3 atom stereocenters. The van der Waals surface area contributed by atoms with Crippen molar-refractivity contribution < 1.29 is 9.66 Å². The van der Waals surface area contributed by atoms with Crippen molar-refractivity contribution in [3.05, 3.63) is 64.0 Å². The van der Waals surface area contributed by atoms with E-state index < -0.39 is 0 Å². The summed E-state index contributed by atoms with van der Waals surface area (Å²) in [7, 11) is 0. The summed E-state index contributed by atoms with van der Waals surface area (Å²) in [5.41, 5.74) is 2.62. The quantitative estimate of drug-likeness (QED) is 0.517. The maximum atomic E-state index is 12.0. The van der Waals surface area contributed by atoms with E-state index in [1.54, 1.807) is 24.0 Å². The summed E-state index contributed by atoms with van der Waals surface area (Å²) in [5, 5.41) is 13.0. The summed E-state index contributed by atoms with van der Waals surface area (Å²) in [6, 6.07) is 11.6. The zero-order valence-corrected chi connectivity index (χ0v) is 18.2. The first-order valence-corrected chi connectivity index (χ1v) is 11.7. The predicted molar refractivity (Wildman–Crippen MR) is 122 cm³/mol. The van der Waals surface area contributed by atoms with Gasteiger partial charge in [0.25, 0.3) is 5.69 Å². The van der Waals surface area contributed by atoms with Gasteiger partial charge in [-0.1, -0.05) is 30.8 Å². The second-order valence-corrected chi connectivity index (χ2v) is 8.93. The Morgan fingerprint density at radius 2 is 2.10 bits per heavy atom. The van der Waals surface area contributed by atoms with Gasteiger partial charge in [-0.05, 0) is 30.2 Å². The molecule has 1 aromatic heterocycles. The predicted octanol–water partition coefficient (Wildman–Crippen LogP) is 3.81. The molecule has 31 heavy (non-hydrogen) atoms. The lowest BCUT2D eigenvalue weighted by molar-refractivity contribution is -0.384. The highest BCUT2D eigenvalue weighted by molar-refractivity contribution is 8.14. The number of fused-ring (bicyclic) bond motifs is 1. The fraction of sp³-hybridized carbons (Fsp3) is 0.455. The molecule has 0 spiro atoms. The van der Waals surface area contributed by atoms with Crippen LogP contribution < -0.4 is 4.90 Å². The summed E-state index contributed by atoms with van der Waals surface area (Å²) in [4.78, 5) is 25.7. The monoisotopic (exact) mass is 439 g/mol. The van der Waals surface area contributed by atoms with Gasteiger partial charge < -0.3 is 14.5 Å². The van der Waals surface area contributed by atoms with Crippen molar-refractivity contribution in [2.75, 3.05) is 37.0 Å². The Bertz CT molecular complexity index is 996. The van der Waals surface area contributed by atoms with Crippen LogP contribution in [0.1, 0.15) is 36.7 Å². The van der Waals surface area contributed by atoms with Crippen molar-refractivity contribution in [3.63, 3.8) is 0 Å². The Morgan fingerprint density at radius 1 is 1.26 bits per heavy atom. The number of nitro benzene ring substituents is 1. The molecule has 162 valence electrons. The SMILES string of the molecule is CC[C@H]1CSC2=N[C@@H](c3ccccn3)[C@@H](c3ccc(N4CCOCC4)c([N+](=O)[O-])c3)N21. The number of benzene rings is 1. The van der Waals surface area contributed by atoms with E-state index in [0.29, 0.717) is 38.0 Å². The van der Waals surface area contributed by atoms with Crippen molar-refractivity contribution in [1.29, 1.82) is 0 Å². The van der Waals surface area contributed by atoms with E-state index >= 15 is 0 Å². The molecular weight excluding hydrogens is 414 g/mol. The van der Waals surface area contributed by atoms with Gasteiger partial charge in [0.2, 0.25) is 0 Å². The second kappa shape index (κ2) is 8.47. The molecule has 0 saturated carbocycles. The van der Waals surface area contributed by atoms with Gasteiger partial charge in [-0.3, -0.25) is 20.1 Å². The van der Waals surface area contributed by atoms with Crippen molar-refractivity contribution in [3.8, 4) is 0 Å². The molecule has 0 amide bonds. The summed E-state index contributed by atoms with van der Waals surface area (Å²) in [6.07, 6.45) is 2.79. The van der Waals surface area contributed by atoms with Crippen LogP contribution in [0, 0.1) is 10.1 Å². The third-order valence-corrected chi connectivity index (χ3v) is 7.34. The topological polar surface area (TPSA) is 84.1 Å². The number of pyridine rings is 1. The molecule has 5 rings (SSSR count). The number of anilines is 1. The lowest BCUT2D eigenvalue weighted by atomic mass is 9.94. The van der Waals surface area contributed by atoms with Gasteiger partial charge in [0.05, 0.1) is 29.9 Å². The number of aliphatic imine (C=N–C) groups is 1. The van der Waals surface area contributed by atoms with E-state index in [1.807, 2.05) is 35.2 Å². The molecule has 9 heteroatoms. The number of amidine groups is 1. The van der Waals surface area contributed by atoms with Crippen LogP contribution in [0.25, 0.3) is 0 Å². The Kier molecular flexibility index (Phi) is 5.54. The summed E-state index contributed by atoms with van der Waals surface area (Å²) >= 11 is 1.77. The standard InChI is InChI=1S/C22H25N5O3S/c1-2-16-14-31-22-24-20(17-5-3-4-8-23-17)21(26(16)22)15-6-7-18(19(13-15)27(28)29)25-9-11-30-12-10-25/h3-8,13,16,20-21H,2,9-12,14H2,1H3/t16-,20-,21+/m0/s1. The number of hydrogen-bond donors (Lipinski definition) is 0. The zero-order valence-electron chi connectivity index (χ0n) is 17.4. The first-order chi connectivity index (χ1) is 15.2. The minimum atomic E-state index is -0.267. The van der Waals surface area contributed by atoms with Gasteiger partial charge in [0.15, 0.2) is 5.17 Å². The first-order valence-electron chi connectivity index (χ1n) is 10.7. The van der Waals surface area contributed by atoms with Gasteiger partial charge in [0.1, 0.15) is 11.7 Å². The van der Waals surface area contributed by atoms with Crippen LogP contribution in [0.2, 0.25) is 0 Å². The van der Waals surface area contributed by atoms with Crippen molar-refractivity contribution >= 4 is 28.3 Å². The molecule has 2 fully saturated rings. The molecule has 0 N–H and O–H groups in total.